The third-order valence-corrected chi connectivity index (χ3v) is 3.67. The fourth-order valence-corrected chi connectivity index (χ4v) is 2.70. The second-order valence-corrected chi connectivity index (χ2v) is 4.94. The van der Waals surface area contributed by atoms with Crippen molar-refractivity contribution in [3.8, 4) is 0 Å². The van der Waals surface area contributed by atoms with Crippen LogP contribution in [0.2, 0.25) is 0 Å². The highest BCUT2D eigenvalue weighted by Crippen LogP contribution is 2.58. The quantitative estimate of drug-likeness (QED) is 0.552. The minimum Gasteiger partial charge on any atom is -0.440 e. The van der Waals surface area contributed by atoms with Gasteiger partial charge in [0.1, 0.15) is 0 Å². The molecule has 0 saturated carbocycles. The Bertz CT molecular complexity index is 294. The Kier molecular flexibility index (Phi) is 6.15. The van der Waals surface area contributed by atoms with Gasteiger partial charge in [-0.15, -0.1) is 0 Å². The highest BCUT2D eigenvalue weighted by molar-refractivity contribution is 7.54. The molecule has 0 rings (SSSR count). The van der Waals surface area contributed by atoms with Gasteiger partial charge < -0.3 is 13.8 Å². The SMILES string of the molecule is CCOP(=O)(OCC)C(OC(C)=O)C(F)(F)F. The molecule has 0 aliphatic carbocycles. The number of hydrogen-bond donors (Lipinski definition) is 0. The van der Waals surface area contributed by atoms with E-state index >= 15 is 0 Å². The first-order valence-corrected chi connectivity index (χ1v) is 6.41. The van der Waals surface area contributed by atoms with Crippen molar-refractivity contribution in [3.63, 3.8) is 0 Å². The molecular formula is C8H14F3O5P. The van der Waals surface area contributed by atoms with E-state index in [9.17, 15) is 22.5 Å². The van der Waals surface area contributed by atoms with E-state index in [0.717, 1.165) is 6.92 Å². The van der Waals surface area contributed by atoms with Gasteiger partial charge in [-0.1, -0.05) is 0 Å². The fourth-order valence-electron chi connectivity index (χ4n) is 1.00. The van der Waals surface area contributed by atoms with Crippen molar-refractivity contribution >= 4 is 13.6 Å². The standard InChI is InChI=1S/C8H14F3O5P/c1-4-14-17(13,15-5-2)7(8(9,10)11)16-6(3)12/h7H,4-5H2,1-3H3. The summed E-state index contributed by atoms with van der Waals surface area (Å²) in [4.78, 5) is 10.6. The van der Waals surface area contributed by atoms with Crippen LogP contribution >= 0.6 is 7.60 Å². The van der Waals surface area contributed by atoms with E-state index in [1.165, 1.54) is 13.8 Å². The minimum absolute atomic E-state index is 0.259. The van der Waals surface area contributed by atoms with Crippen LogP contribution in [0.4, 0.5) is 13.2 Å². The van der Waals surface area contributed by atoms with Crippen LogP contribution in [-0.2, 0) is 23.1 Å². The molecule has 0 aromatic carbocycles. The van der Waals surface area contributed by atoms with Crippen molar-refractivity contribution in [1.29, 1.82) is 0 Å². The Hall–Kier alpha value is -0.590. The number of ether oxygens (including phenoxy) is 1. The summed E-state index contributed by atoms with van der Waals surface area (Å²) < 4.78 is 62.7. The lowest BCUT2D eigenvalue weighted by atomic mass is 10.7. The van der Waals surface area contributed by atoms with Crippen LogP contribution in [0.1, 0.15) is 20.8 Å². The van der Waals surface area contributed by atoms with Crippen LogP contribution in [0.3, 0.4) is 0 Å². The van der Waals surface area contributed by atoms with E-state index in [2.05, 4.69) is 13.8 Å². The van der Waals surface area contributed by atoms with Crippen LogP contribution in [0.15, 0.2) is 0 Å². The van der Waals surface area contributed by atoms with E-state index in [-0.39, 0.29) is 13.2 Å². The summed E-state index contributed by atoms with van der Waals surface area (Å²) in [7, 11) is -4.57. The average Bonchev–Trinajstić information content (AvgIpc) is 2.13. The van der Waals surface area contributed by atoms with Crippen molar-refractivity contribution < 1.29 is 36.3 Å². The second-order valence-electron chi connectivity index (χ2n) is 2.88. The summed E-state index contributed by atoms with van der Waals surface area (Å²) in [5, 5.41) is 0. The molecule has 0 amide bonds. The van der Waals surface area contributed by atoms with Crippen molar-refractivity contribution in [1.82, 2.24) is 0 Å². The van der Waals surface area contributed by atoms with Crippen molar-refractivity contribution in [2.45, 2.75) is 32.8 Å². The van der Waals surface area contributed by atoms with Gasteiger partial charge in [-0.2, -0.15) is 13.2 Å². The Morgan fingerprint density at radius 1 is 1.24 bits per heavy atom. The van der Waals surface area contributed by atoms with E-state index < -0.39 is 25.6 Å². The molecule has 0 aromatic heterocycles. The molecule has 0 aromatic rings. The third kappa shape index (κ3) is 5.06. The first-order valence-electron chi connectivity index (χ1n) is 4.80. The molecule has 0 N–H and O–H groups in total. The molecular weight excluding hydrogens is 264 g/mol. The maximum atomic E-state index is 12.6. The highest BCUT2D eigenvalue weighted by Gasteiger charge is 2.56. The minimum atomic E-state index is -5.02. The molecule has 0 saturated heterocycles. The molecule has 0 bridgehead atoms. The summed E-state index contributed by atoms with van der Waals surface area (Å²) in [6, 6.07) is 0. The molecule has 0 aliphatic rings. The number of esters is 1. The molecule has 0 spiro atoms. The first-order chi connectivity index (χ1) is 7.67. The molecule has 17 heavy (non-hydrogen) atoms. The zero-order valence-corrected chi connectivity index (χ0v) is 10.5. The predicted molar refractivity (Wildman–Crippen MR) is 52.5 cm³/mol. The topological polar surface area (TPSA) is 61.8 Å². The smallest absolute Gasteiger partial charge is 0.437 e. The lowest BCUT2D eigenvalue weighted by molar-refractivity contribution is -0.202. The predicted octanol–water partition coefficient (Wildman–Crippen LogP) is 2.70. The summed E-state index contributed by atoms with van der Waals surface area (Å²) in [6.07, 6.45) is -5.02. The monoisotopic (exact) mass is 278 g/mol. The number of carbonyl (C=O) groups is 1. The van der Waals surface area contributed by atoms with Crippen LogP contribution < -0.4 is 0 Å². The van der Waals surface area contributed by atoms with Gasteiger partial charge in [0.05, 0.1) is 13.2 Å². The van der Waals surface area contributed by atoms with Gasteiger partial charge in [0, 0.05) is 6.92 Å². The normalized spacial score (nSPS) is 14.5. The summed E-state index contributed by atoms with van der Waals surface area (Å²) in [5.74, 6) is -4.11. The van der Waals surface area contributed by atoms with Crippen LogP contribution in [-0.4, -0.2) is 31.2 Å². The number of carbonyl (C=O) groups excluding carboxylic acids is 1. The van der Waals surface area contributed by atoms with E-state index in [0.29, 0.717) is 0 Å². The van der Waals surface area contributed by atoms with E-state index in [1.54, 1.807) is 0 Å². The molecule has 1 unspecified atom stereocenters. The Labute approximate surface area is 96.8 Å². The number of alkyl halides is 3. The second kappa shape index (κ2) is 6.37. The average molecular weight is 278 g/mol. The zero-order chi connectivity index (χ0) is 13.7. The maximum Gasteiger partial charge on any atom is 0.437 e. The van der Waals surface area contributed by atoms with Gasteiger partial charge in [0.2, 0.25) is 0 Å². The number of rotatable bonds is 6. The summed E-state index contributed by atoms with van der Waals surface area (Å²) in [6.45, 7) is 2.97. The molecule has 0 aliphatic heterocycles. The lowest BCUT2D eigenvalue weighted by Gasteiger charge is -2.26. The third-order valence-electron chi connectivity index (χ3n) is 1.46. The lowest BCUT2D eigenvalue weighted by Crippen LogP contribution is -2.34. The van der Waals surface area contributed by atoms with Gasteiger partial charge in [-0.05, 0) is 13.8 Å². The van der Waals surface area contributed by atoms with Gasteiger partial charge in [0.25, 0.3) is 5.85 Å². The largest absolute Gasteiger partial charge is 0.440 e. The maximum absolute atomic E-state index is 12.6. The Morgan fingerprint density at radius 3 is 1.88 bits per heavy atom. The van der Waals surface area contributed by atoms with Crippen LogP contribution in [0, 0.1) is 0 Å². The molecule has 1 atom stereocenters. The zero-order valence-electron chi connectivity index (χ0n) is 9.61. The summed E-state index contributed by atoms with van der Waals surface area (Å²) in [5.41, 5.74) is 0. The molecule has 0 heterocycles. The van der Waals surface area contributed by atoms with Crippen molar-refractivity contribution in [3.05, 3.63) is 0 Å². The highest BCUT2D eigenvalue weighted by atomic mass is 31.2. The van der Waals surface area contributed by atoms with Gasteiger partial charge in [-0.3, -0.25) is 9.36 Å². The van der Waals surface area contributed by atoms with Crippen LogP contribution in [0.25, 0.3) is 0 Å². The van der Waals surface area contributed by atoms with Crippen LogP contribution in [0.5, 0.6) is 0 Å². The molecule has 102 valence electrons. The van der Waals surface area contributed by atoms with Crippen molar-refractivity contribution in [2.24, 2.45) is 0 Å². The molecule has 0 radical (unpaired) electrons. The fraction of sp³-hybridized carbons (Fsp3) is 0.875. The van der Waals surface area contributed by atoms with Gasteiger partial charge >= 0.3 is 19.7 Å². The van der Waals surface area contributed by atoms with Crippen molar-refractivity contribution in [2.75, 3.05) is 13.2 Å². The van der Waals surface area contributed by atoms with E-state index in [1.807, 2.05) is 0 Å². The molecule has 5 nitrogen and oxygen atoms in total. The number of hydrogen-bond acceptors (Lipinski definition) is 5. The van der Waals surface area contributed by atoms with E-state index in [4.69, 9.17) is 0 Å². The van der Waals surface area contributed by atoms with Gasteiger partial charge in [-0.25, -0.2) is 0 Å². The molecule has 0 fully saturated rings. The Balaban J connectivity index is 5.21. The first kappa shape index (κ1) is 16.4. The summed E-state index contributed by atoms with van der Waals surface area (Å²) >= 11 is 0. The van der Waals surface area contributed by atoms with Gasteiger partial charge in [0.15, 0.2) is 0 Å². The molecule has 9 heteroatoms. The number of halogens is 3. The Morgan fingerprint density at radius 2 is 1.65 bits per heavy atom.